The number of nitrogens with zero attached hydrogens (tertiary/aromatic N) is 3. The van der Waals surface area contributed by atoms with Crippen LogP contribution in [0.1, 0.15) is 0 Å². The number of rotatable bonds is 2. The molecule has 0 aliphatic carbocycles. The molecule has 0 bridgehead atoms. The minimum atomic E-state index is -0.127. The van der Waals surface area contributed by atoms with Gasteiger partial charge in [0.25, 0.3) is 5.56 Å². The van der Waals surface area contributed by atoms with Crippen molar-refractivity contribution in [1.82, 2.24) is 19.8 Å². The third kappa shape index (κ3) is 2.11. The van der Waals surface area contributed by atoms with Crippen LogP contribution in [0, 0.1) is 0 Å². The Labute approximate surface area is 103 Å². The third-order valence-electron chi connectivity index (χ3n) is 3.01. The van der Waals surface area contributed by atoms with Crippen LogP contribution >= 0.6 is 11.3 Å². The molecule has 2 aromatic rings. The van der Waals surface area contributed by atoms with Crippen molar-refractivity contribution in [1.29, 1.82) is 0 Å². The molecule has 3 heterocycles. The molecule has 6 heteroatoms. The van der Waals surface area contributed by atoms with Crippen molar-refractivity contribution in [3.8, 4) is 0 Å². The zero-order valence-corrected chi connectivity index (χ0v) is 10.2. The fourth-order valence-corrected chi connectivity index (χ4v) is 2.95. The number of hydrogen-bond donors (Lipinski definition) is 1. The minimum absolute atomic E-state index is 0.127. The lowest BCUT2D eigenvalue weighted by atomic mass is 10.4. The molecule has 0 aromatic carbocycles. The molecule has 0 radical (unpaired) electrons. The highest BCUT2D eigenvalue weighted by atomic mass is 32.1. The first-order chi connectivity index (χ1) is 8.34. The summed E-state index contributed by atoms with van der Waals surface area (Å²) < 4.78 is 2.06. The van der Waals surface area contributed by atoms with Gasteiger partial charge in [0, 0.05) is 26.2 Å². The third-order valence-corrected chi connectivity index (χ3v) is 3.96. The summed E-state index contributed by atoms with van der Waals surface area (Å²) in [4.78, 5) is 18.8. The normalized spacial score (nSPS) is 17.6. The van der Waals surface area contributed by atoms with Crippen LogP contribution in [0.15, 0.2) is 22.6 Å². The van der Waals surface area contributed by atoms with Gasteiger partial charge in [-0.2, -0.15) is 4.98 Å². The van der Waals surface area contributed by atoms with Crippen molar-refractivity contribution in [2.45, 2.75) is 6.67 Å². The Morgan fingerprint density at radius 1 is 1.41 bits per heavy atom. The summed E-state index contributed by atoms with van der Waals surface area (Å²) >= 11 is 1.60. The number of thiophene rings is 1. The molecule has 1 saturated heterocycles. The minimum Gasteiger partial charge on any atom is -0.314 e. The lowest BCUT2D eigenvalue weighted by Crippen LogP contribution is -2.44. The molecule has 5 nitrogen and oxygen atoms in total. The fraction of sp³-hybridized carbons (Fsp3) is 0.455. The zero-order valence-electron chi connectivity index (χ0n) is 9.43. The number of nitrogens with one attached hydrogen (secondary N) is 1. The maximum atomic E-state index is 11.5. The molecule has 1 aliphatic heterocycles. The van der Waals surface area contributed by atoms with Crippen molar-refractivity contribution in [3.63, 3.8) is 0 Å². The van der Waals surface area contributed by atoms with Crippen LogP contribution in [-0.2, 0) is 6.67 Å². The molecule has 0 unspecified atom stereocenters. The topological polar surface area (TPSA) is 50.2 Å². The number of hydrogen-bond acceptors (Lipinski definition) is 5. The average molecular weight is 250 g/mol. The lowest BCUT2D eigenvalue weighted by Gasteiger charge is -2.27. The zero-order chi connectivity index (χ0) is 11.7. The highest BCUT2D eigenvalue weighted by Crippen LogP contribution is 2.16. The van der Waals surface area contributed by atoms with E-state index in [9.17, 15) is 4.79 Å². The monoisotopic (exact) mass is 250 g/mol. The van der Waals surface area contributed by atoms with Crippen LogP contribution in [0.25, 0.3) is 10.2 Å². The van der Waals surface area contributed by atoms with Gasteiger partial charge in [-0.3, -0.25) is 9.69 Å². The van der Waals surface area contributed by atoms with Gasteiger partial charge in [-0.15, -0.1) is 11.3 Å². The summed E-state index contributed by atoms with van der Waals surface area (Å²) in [6.07, 6.45) is 1.66. The summed E-state index contributed by atoms with van der Waals surface area (Å²) in [7, 11) is 0. The predicted molar refractivity (Wildman–Crippen MR) is 68.3 cm³/mol. The van der Waals surface area contributed by atoms with E-state index >= 15 is 0 Å². The number of aromatic nitrogens is 2. The van der Waals surface area contributed by atoms with Crippen LogP contribution in [0.3, 0.4) is 0 Å². The van der Waals surface area contributed by atoms with E-state index in [4.69, 9.17) is 0 Å². The molecular weight excluding hydrogens is 236 g/mol. The Morgan fingerprint density at radius 2 is 2.24 bits per heavy atom. The van der Waals surface area contributed by atoms with Gasteiger partial charge in [-0.1, -0.05) is 0 Å². The Balaban J connectivity index is 1.92. The van der Waals surface area contributed by atoms with E-state index < -0.39 is 0 Å². The summed E-state index contributed by atoms with van der Waals surface area (Å²) in [5.41, 5.74) is -0.127. The highest BCUT2D eigenvalue weighted by molar-refractivity contribution is 7.16. The molecular formula is C11H14N4OS. The van der Waals surface area contributed by atoms with Crippen LogP contribution in [-0.4, -0.2) is 40.6 Å². The van der Waals surface area contributed by atoms with Crippen LogP contribution in [0.2, 0.25) is 0 Å². The largest absolute Gasteiger partial charge is 0.314 e. The SMILES string of the molecule is O=c1ncn(CN2CCNCC2)c2sccc12. The smallest absolute Gasteiger partial charge is 0.281 e. The van der Waals surface area contributed by atoms with Gasteiger partial charge in [-0.25, -0.2) is 0 Å². The van der Waals surface area contributed by atoms with Crippen molar-refractivity contribution in [2.75, 3.05) is 26.2 Å². The molecule has 1 aliphatic rings. The second kappa shape index (κ2) is 4.56. The molecule has 0 saturated carbocycles. The fourth-order valence-electron chi connectivity index (χ4n) is 2.10. The molecule has 17 heavy (non-hydrogen) atoms. The van der Waals surface area contributed by atoms with E-state index in [1.807, 2.05) is 11.4 Å². The maximum absolute atomic E-state index is 11.5. The van der Waals surface area contributed by atoms with E-state index in [0.717, 1.165) is 43.1 Å². The van der Waals surface area contributed by atoms with Gasteiger partial charge >= 0.3 is 0 Å². The van der Waals surface area contributed by atoms with E-state index in [1.54, 1.807) is 17.7 Å². The van der Waals surface area contributed by atoms with Crippen LogP contribution < -0.4 is 10.9 Å². The van der Waals surface area contributed by atoms with Gasteiger partial charge in [0.1, 0.15) is 11.2 Å². The van der Waals surface area contributed by atoms with E-state index in [2.05, 4.69) is 19.8 Å². The molecule has 1 fully saturated rings. The quantitative estimate of drug-likeness (QED) is 0.834. The second-order valence-electron chi connectivity index (χ2n) is 4.17. The van der Waals surface area contributed by atoms with Crippen molar-refractivity contribution in [2.24, 2.45) is 0 Å². The van der Waals surface area contributed by atoms with Crippen molar-refractivity contribution in [3.05, 3.63) is 28.1 Å². The summed E-state index contributed by atoms with van der Waals surface area (Å²) in [6.45, 7) is 4.95. The van der Waals surface area contributed by atoms with Crippen LogP contribution in [0.4, 0.5) is 0 Å². The number of piperazine rings is 1. The first kappa shape index (κ1) is 10.9. The molecule has 0 spiro atoms. The first-order valence-corrected chi connectivity index (χ1v) is 6.58. The Morgan fingerprint density at radius 3 is 3.06 bits per heavy atom. The molecule has 0 atom stereocenters. The summed E-state index contributed by atoms with van der Waals surface area (Å²) in [5.74, 6) is 0. The highest BCUT2D eigenvalue weighted by Gasteiger charge is 2.11. The molecule has 0 amide bonds. The summed E-state index contributed by atoms with van der Waals surface area (Å²) in [5, 5.41) is 6.00. The molecule has 1 N–H and O–H groups in total. The van der Waals surface area contributed by atoms with Crippen LogP contribution in [0.5, 0.6) is 0 Å². The first-order valence-electron chi connectivity index (χ1n) is 5.70. The van der Waals surface area contributed by atoms with Gasteiger partial charge < -0.3 is 9.88 Å². The van der Waals surface area contributed by atoms with E-state index in [1.165, 1.54) is 0 Å². The van der Waals surface area contributed by atoms with E-state index in [0.29, 0.717) is 0 Å². The standard InChI is InChI=1S/C11H14N4OS/c16-10-9-1-6-17-11(9)15(7-13-10)8-14-4-2-12-3-5-14/h1,6-7,12H,2-5,8H2. The average Bonchev–Trinajstić information content (AvgIpc) is 2.84. The van der Waals surface area contributed by atoms with Gasteiger partial charge in [0.2, 0.25) is 0 Å². The molecule has 3 rings (SSSR count). The Kier molecular flexibility index (Phi) is 2.92. The molecule has 2 aromatic heterocycles. The van der Waals surface area contributed by atoms with Gasteiger partial charge in [0.15, 0.2) is 0 Å². The summed E-state index contributed by atoms with van der Waals surface area (Å²) in [6, 6.07) is 1.85. The predicted octanol–water partition coefficient (Wildman–Crippen LogP) is 0.321. The van der Waals surface area contributed by atoms with Gasteiger partial charge in [0.05, 0.1) is 12.1 Å². The number of fused-ring (bicyclic) bond motifs is 1. The van der Waals surface area contributed by atoms with E-state index in [-0.39, 0.29) is 5.56 Å². The van der Waals surface area contributed by atoms with Gasteiger partial charge in [-0.05, 0) is 11.4 Å². The van der Waals surface area contributed by atoms with Crippen molar-refractivity contribution >= 4 is 21.6 Å². The maximum Gasteiger partial charge on any atom is 0.281 e. The van der Waals surface area contributed by atoms with Crippen molar-refractivity contribution < 1.29 is 0 Å². The Hall–Kier alpha value is -1.24. The molecule has 90 valence electrons. The second-order valence-corrected chi connectivity index (χ2v) is 5.06. The Bertz CT molecular complexity index is 570. The lowest BCUT2D eigenvalue weighted by molar-refractivity contribution is 0.195.